The summed E-state index contributed by atoms with van der Waals surface area (Å²) in [6, 6.07) is 12.8. The van der Waals surface area contributed by atoms with Crippen LogP contribution in [-0.4, -0.2) is 58.9 Å². The molecule has 0 radical (unpaired) electrons. The van der Waals surface area contributed by atoms with E-state index in [1.54, 1.807) is 29.2 Å². The van der Waals surface area contributed by atoms with E-state index in [1.165, 1.54) is 38.4 Å². The fourth-order valence-corrected chi connectivity index (χ4v) is 5.10. The number of hydrogen-bond donors (Lipinski definition) is 1. The number of benzene rings is 2. The second kappa shape index (κ2) is 10.7. The maximum Gasteiger partial charge on any atom is 0.264 e. The molecule has 1 aliphatic rings. The molecule has 0 aliphatic carbocycles. The number of carbonyl (C=O) groups excluding carboxylic acids is 2. The normalized spacial score (nSPS) is 16.2. The lowest BCUT2D eigenvalue weighted by Gasteiger charge is -2.32. The standard InChI is InChI=1S/C24H31N3O5S/c1-4-15-25-23(28)19-8-7-16-27(17-19)24(29)18-11-13-20(14-12-18)33(30,31)26(2)21-9-5-6-10-22(21)32-3/h5-6,9-14,19H,4,7-8,15-17H2,1-3H3,(H,25,28). The molecule has 1 heterocycles. The Labute approximate surface area is 195 Å². The molecule has 33 heavy (non-hydrogen) atoms. The van der Waals surface area contributed by atoms with Crippen LogP contribution in [0.3, 0.4) is 0 Å². The van der Waals surface area contributed by atoms with Crippen LogP contribution in [0.5, 0.6) is 5.75 Å². The summed E-state index contributed by atoms with van der Waals surface area (Å²) in [4.78, 5) is 27.1. The molecule has 178 valence electrons. The second-order valence-electron chi connectivity index (χ2n) is 8.05. The first-order valence-electron chi connectivity index (χ1n) is 11.1. The van der Waals surface area contributed by atoms with Crippen molar-refractivity contribution in [3.05, 3.63) is 54.1 Å². The van der Waals surface area contributed by atoms with E-state index in [0.717, 1.165) is 23.6 Å². The Bertz CT molecular complexity index is 1090. The molecule has 0 saturated carbocycles. The van der Waals surface area contributed by atoms with E-state index in [0.29, 0.717) is 36.6 Å². The molecule has 2 amide bonds. The number of para-hydroxylation sites is 2. The van der Waals surface area contributed by atoms with E-state index >= 15 is 0 Å². The van der Waals surface area contributed by atoms with Crippen molar-refractivity contribution in [2.45, 2.75) is 31.1 Å². The van der Waals surface area contributed by atoms with Gasteiger partial charge in [-0.1, -0.05) is 19.1 Å². The van der Waals surface area contributed by atoms with Crippen molar-refractivity contribution in [2.75, 3.05) is 38.1 Å². The molecule has 0 bridgehead atoms. The molecule has 1 unspecified atom stereocenters. The molecule has 9 heteroatoms. The number of nitrogens with one attached hydrogen (secondary N) is 1. The minimum Gasteiger partial charge on any atom is -0.495 e. The number of ether oxygens (including phenoxy) is 1. The van der Waals surface area contributed by atoms with Gasteiger partial charge in [-0.25, -0.2) is 8.42 Å². The van der Waals surface area contributed by atoms with Crippen molar-refractivity contribution in [1.82, 2.24) is 10.2 Å². The van der Waals surface area contributed by atoms with Gasteiger partial charge in [0.25, 0.3) is 15.9 Å². The van der Waals surface area contributed by atoms with Crippen molar-refractivity contribution < 1.29 is 22.7 Å². The SMILES string of the molecule is CCCNC(=O)C1CCCN(C(=O)c2ccc(S(=O)(=O)N(C)c3ccccc3OC)cc2)C1. The number of sulfonamides is 1. The number of nitrogens with zero attached hydrogens (tertiary/aromatic N) is 2. The molecule has 0 spiro atoms. The molecule has 8 nitrogen and oxygen atoms in total. The number of rotatable bonds is 8. The van der Waals surface area contributed by atoms with Gasteiger partial charge in [-0.15, -0.1) is 0 Å². The Morgan fingerprint density at radius 2 is 1.85 bits per heavy atom. The number of anilines is 1. The molecule has 1 fully saturated rings. The molecule has 2 aromatic rings. The van der Waals surface area contributed by atoms with Crippen molar-refractivity contribution >= 4 is 27.5 Å². The van der Waals surface area contributed by atoms with E-state index in [9.17, 15) is 18.0 Å². The zero-order valence-electron chi connectivity index (χ0n) is 19.3. The molecule has 1 atom stereocenters. The highest BCUT2D eigenvalue weighted by Crippen LogP contribution is 2.31. The summed E-state index contributed by atoms with van der Waals surface area (Å²) in [6.45, 7) is 3.56. The molecule has 1 N–H and O–H groups in total. The third kappa shape index (κ3) is 5.47. The van der Waals surface area contributed by atoms with Crippen LogP contribution in [-0.2, 0) is 14.8 Å². The summed E-state index contributed by atoms with van der Waals surface area (Å²) in [6.07, 6.45) is 2.38. The summed E-state index contributed by atoms with van der Waals surface area (Å²) in [5.41, 5.74) is 0.810. The summed E-state index contributed by atoms with van der Waals surface area (Å²) < 4.78 is 32.7. The largest absolute Gasteiger partial charge is 0.495 e. The Morgan fingerprint density at radius 3 is 2.52 bits per heavy atom. The number of methoxy groups -OCH3 is 1. The monoisotopic (exact) mass is 473 g/mol. The Balaban J connectivity index is 1.74. The second-order valence-corrected chi connectivity index (χ2v) is 10.0. The van der Waals surface area contributed by atoms with Crippen LogP contribution in [0.1, 0.15) is 36.5 Å². The average molecular weight is 474 g/mol. The van der Waals surface area contributed by atoms with Crippen molar-refractivity contribution in [2.24, 2.45) is 5.92 Å². The third-order valence-corrected chi connectivity index (χ3v) is 7.60. The number of amides is 2. The van der Waals surface area contributed by atoms with Gasteiger partial charge in [-0.3, -0.25) is 13.9 Å². The summed E-state index contributed by atoms with van der Waals surface area (Å²) in [7, 11) is -0.899. The first-order valence-corrected chi connectivity index (χ1v) is 12.5. The highest BCUT2D eigenvalue weighted by molar-refractivity contribution is 7.92. The summed E-state index contributed by atoms with van der Waals surface area (Å²) >= 11 is 0. The zero-order valence-corrected chi connectivity index (χ0v) is 20.1. The summed E-state index contributed by atoms with van der Waals surface area (Å²) in [5, 5.41) is 2.90. The van der Waals surface area contributed by atoms with E-state index in [4.69, 9.17) is 4.74 Å². The molecule has 3 rings (SSSR count). The number of piperidine rings is 1. The van der Waals surface area contributed by atoms with Gasteiger partial charge in [-0.2, -0.15) is 0 Å². The van der Waals surface area contributed by atoms with Crippen LogP contribution in [0, 0.1) is 5.92 Å². The molecule has 1 aliphatic heterocycles. The predicted molar refractivity (Wildman–Crippen MR) is 127 cm³/mol. The van der Waals surface area contributed by atoms with Crippen LogP contribution < -0.4 is 14.4 Å². The van der Waals surface area contributed by atoms with Gasteiger partial charge < -0.3 is 15.0 Å². The van der Waals surface area contributed by atoms with Gasteiger partial charge in [0.15, 0.2) is 0 Å². The molecule has 1 saturated heterocycles. The maximum absolute atomic E-state index is 13.1. The number of carbonyl (C=O) groups is 2. The lowest BCUT2D eigenvalue weighted by molar-refractivity contribution is -0.126. The van der Waals surface area contributed by atoms with Crippen LogP contribution in [0.2, 0.25) is 0 Å². The van der Waals surface area contributed by atoms with E-state index < -0.39 is 10.0 Å². The number of hydrogen-bond acceptors (Lipinski definition) is 5. The zero-order chi connectivity index (χ0) is 24.0. The Morgan fingerprint density at radius 1 is 1.15 bits per heavy atom. The van der Waals surface area contributed by atoms with Crippen molar-refractivity contribution in [3.63, 3.8) is 0 Å². The topological polar surface area (TPSA) is 96.0 Å². The minimum absolute atomic E-state index is 0.0184. The highest BCUT2D eigenvalue weighted by atomic mass is 32.2. The minimum atomic E-state index is -3.85. The average Bonchev–Trinajstić information content (AvgIpc) is 2.86. The quantitative estimate of drug-likeness (QED) is 0.636. The van der Waals surface area contributed by atoms with Gasteiger partial charge in [0.1, 0.15) is 5.75 Å². The first kappa shape index (κ1) is 24.6. The van der Waals surface area contributed by atoms with Crippen LogP contribution in [0.4, 0.5) is 5.69 Å². The fourth-order valence-electron chi connectivity index (χ4n) is 3.90. The number of likely N-dealkylation sites (tertiary alicyclic amines) is 1. The Hall–Kier alpha value is -3.07. The van der Waals surface area contributed by atoms with E-state index in [1.807, 2.05) is 6.92 Å². The van der Waals surface area contributed by atoms with E-state index in [-0.39, 0.29) is 22.6 Å². The fraction of sp³-hybridized carbons (Fsp3) is 0.417. The van der Waals surface area contributed by atoms with E-state index in [2.05, 4.69) is 5.32 Å². The van der Waals surface area contributed by atoms with Crippen LogP contribution in [0.15, 0.2) is 53.4 Å². The molecular weight excluding hydrogens is 442 g/mol. The van der Waals surface area contributed by atoms with Crippen LogP contribution >= 0.6 is 0 Å². The van der Waals surface area contributed by atoms with Gasteiger partial charge in [0, 0.05) is 32.2 Å². The lowest BCUT2D eigenvalue weighted by atomic mass is 9.96. The Kier molecular flexibility index (Phi) is 7.97. The van der Waals surface area contributed by atoms with Gasteiger partial charge in [-0.05, 0) is 55.7 Å². The molecule has 0 aromatic heterocycles. The van der Waals surface area contributed by atoms with Gasteiger partial charge in [0.2, 0.25) is 5.91 Å². The van der Waals surface area contributed by atoms with Crippen LogP contribution in [0.25, 0.3) is 0 Å². The van der Waals surface area contributed by atoms with Crippen molar-refractivity contribution in [3.8, 4) is 5.75 Å². The van der Waals surface area contributed by atoms with Gasteiger partial charge >= 0.3 is 0 Å². The first-order chi connectivity index (χ1) is 15.8. The van der Waals surface area contributed by atoms with Crippen molar-refractivity contribution in [1.29, 1.82) is 0 Å². The lowest BCUT2D eigenvalue weighted by Crippen LogP contribution is -2.45. The third-order valence-electron chi connectivity index (χ3n) is 5.81. The summed E-state index contributed by atoms with van der Waals surface area (Å²) in [5.74, 6) is 0.00148. The smallest absolute Gasteiger partial charge is 0.264 e. The molecule has 2 aromatic carbocycles. The highest BCUT2D eigenvalue weighted by Gasteiger charge is 2.29. The van der Waals surface area contributed by atoms with Gasteiger partial charge in [0.05, 0.1) is 23.6 Å². The maximum atomic E-state index is 13.1. The predicted octanol–water partition coefficient (Wildman–Crippen LogP) is 2.90. The molecular formula is C24H31N3O5S.